The Bertz CT molecular complexity index is 1720. The lowest BCUT2D eigenvalue weighted by atomic mass is 10.0. The summed E-state index contributed by atoms with van der Waals surface area (Å²) in [5.41, 5.74) is 0. The summed E-state index contributed by atoms with van der Waals surface area (Å²) in [7, 11) is 0. The van der Waals surface area contributed by atoms with Crippen molar-refractivity contribution in [3.8, 4) is 0 Å². The van der Waals surface area contributed by atoms with E-state index >= 15 is 0 Å². The quantitative estimate of drug-likeness (QED) is 0.0261. The smallest absolute Gasteiger partial charge is 0.306 e. The van der Waals surface area contributed by atoms with Crippen LogP contribution in [0.2, 0.25) is 0 Å². The third-order valence-electron chi connectivity index (χ3n) is 14.1. The molecular weight excluding hydrogens is 997 g/mol. The normalized spacial score (nSPS) is 13.0. The summed E-state index contributed by atoms with van der Waals surface area (Å²) < 4.78 is 17.0. The average Bonchev–Trinajstić information content (AvgIpc) is 3.47. The fourth-order valence-corrected chi connectivity index (χ4v) is 9.14. The number of hydrogen-bond donors (Lipinski definition) is 0. The van der Waals surface area contributed by atoms with Crippen LogP contribution in [0.4, 0.5) is 0 Å². The highest BCUT2D eigenvalue weighted by atomic mass is 16.6. The standard InChI is InChI=1S/C75H124O6/c1-4-7-10-13-16-19-22-25-28-31-33-34-35-36-37-38-39-40-42-44-47-50-53-56-59-62-65-68-74(77)80-71-72(70-79-73(76)67-64-61-58-55-52-49-46-43-30-27-24-21-18-15-12-9-6-3)81-75(78)69-66-63-60-57-54-51-48-45-41-32-29-26-23-20-17-14-11-8-5-2/h7,9-10,12,16-21,25-30,33-34,36-37,41,45,72H,4-6,8,11,13-15,22-24,31-32,35,38-40,42-44,46-71H2,1-3H3/b10-7-,12-9-,19-16-,20-17-,21-18-,28-25-,29-26-,30-27-,34-33-,37-36-,45-41-. The first-order valence-corrected chi connectivity index (χ1v) is 33.7. The highest BCUT2D eigenvalue weighted by molar-refractivity contribution is 5.71. The van der Waals surface area contributed by atoms with E-state index in [0.717, 1.165) is 141 Å². The van der Waals surface area contributed by atoms with Gasteiger partial charge in [-0.3, -0.25) is 14.4 Å². The molecule has 0 aromatic rings. The summed E-state index contributed by atoms with van der Waals surface area (Å²) in [5, 5.41) is 0. The zero-order chi connectivity index (χ0) is 58.5. The third kappa shape index (κ3) is 66.2. The number of rotatable bonds is 60. The Kier molecular flexibility index (Phi) is 64.3. The monoisotopic (exact) mass is 1120 g/mol. The lowest BCUT2D eigenvalue weighted by Gasteiger charge is -2.18. The van der Waals surface area contributed by atoms with Crippen molar-refractivity contribution in [1.29, 1.82) is 0 Å². The molecule has 0 saturated heterocycles. The minimum Gasteiger partial charge on any atom is -0.462 e. The molecular formula is C75H124O6. The molecule has 0 aliphatic carbocycles. The minimum atomic E-state index is -0.797. The number of allylic oxidation sites excluding steroid dienone is 22. The number of carbonyl (C=O) groups excluding carboxylic acids is 3. The van der Waals surface area contributed by atoms with Crippen LogP contribution in [0.1, 0.15) is 303 Å². The van der Waals surface area contributed by atoms with Gasteiger partial charge < -0.3 is 14.2 Å². The summed E-state index contributed by atoms with van der Waals surface area (Å²) >= 11 is 0. The van der Waals surface area contributed by atoms with Gasteiger partial charge in [0.25, 0.3) is 0 Å². The van der Waals surface area contributed by atoms with E-state index in [1.165, 1.54) is 122 Å². The van der Waals surface area contributed by atoms with Gasteiger partial charge in [-0.15, -0.1) is 0 Å². The van der Waals surface area contributed by atoms with Crippen molar-refractivity contribution >= 4 is 17.9 Å². The molecule has 0 radical (unpaired) electrons. The van der Waals surface area contributed by atoms with Gasteiger partial charge in [-0.1, -0.05) is 283 Å². The first-order chi connectivity index (χ1) is 40.0. The van der Waals surface area contributed by atoms with Gasteiger partial charge in [0, 0.05) is 19.3 Å². The molecule has 0 bridgehead atoms. The molecule has 0 fully saturated rings. The predicted octanol–water partition coefficient (Wildman–Crippen LogP) is 23.3. The molecule has 0 aliphatic heterocycles. The van der Waals surface area contributed by atoms with Crippen molar-refractivity contribution < 1.29 is 28.6 Å². The van der Waals surface area contributed by atoms with E-state index in [1.54, 1.807) is 0 Å². The third-order valence-corrected chi connectivity index (χ3v) is 14.1. The summed E-state index contributed by atoms with van der Waals surface area (Å²) in [6.07, 6.45) is 96.0. The van der Waals surface area contributed by atoms with E-state index in [-0.39, 0.29) is 31.1 Å². The van der Waals surface area contributed by atoms with Crippen LogP contribution in [0.25, 0.3) is 0 Å². The Balaban J connectivity index is 4.39. The molecule has 0 heterocycles. The lowest BCUT2D eigenvalue weighted by molar-refractivity contribution is -0.167. The number of hydrogen-bond acceptors (Lipinski definition) is 6. The van der Waals surface area contributed by atoms with Gasteiger partial charge in [-0.25, -0.2) is 0 Å². The van der Waals surface area contributed by atoms with E-state index in [4.69, 9.17) is 14.2 Å². The molecule has 81 heavy (non-hydrogen) atoms. The lowest BCUT2D eigenvalue weighted by Crippen LogP contribution is -2.30. The van der Waals surface area contributed by atoms with Gasteiger partial charge in [0.05, 0.1) is 0 Å². The van der Waals surface area contributed by atoms with E-state index in [0.29, 0.717) is 19.3 Å². The van der Waals surface area contributed by atoms with Crippen molar-refractivity contribution in [3.63, 3.8) is 0 Å². The molecule has 460 valence electrons. The summed E-state index contributed by atoms with van der Waals surface area (Å²) in [5.74, 6) is -0.910. The zero-order valence-electron chi connectivity index (χ0n) is 52.8. The molecule has 0 aromatic carbocycles. The van der Waals surface area contributed by atoms with Crippen LogP contribution in [0.3, 0.4) is 0 Å². The Labute approximate surface area is 500 Å². The Morgan fingerprint density at radius 1 is 0.259 bits per heavy atom. The first kappa shape index (κ1) is 76.5. The molecule has 1 unspecified atom stereocenters. The second kappa shape index (κ2) is 68.1. The van der Waals surface area contributed by atoms with E-state index in [1.807, 2.05) is 0 Å². The Hall–Kier alpha value is -4.45. The van der Waals surface area contributed by atoms with E-state index < -0.39 is 6.10 Å². The van der Waals surface area contributed by atoms with Crippen LogP contribution < -0.4 is 0 Å². The topological polar surface area (TPSA) is 78.9 Å². The number of ether oxygens (including phenoxy) is 3. The highest BCUT2D eigenvalue weighted by Gasteiger charge is 2.19. The first-order valence-electron chi connectivity index (χ1n) is 33.7. The van der Waals surface area contributed by atoms with Crippen LogP contribution in [-0.4, -0.2) is 37.2 Å². The fourth-order valence-electron chi connectivity index (χ4n) is 9.14. The van der Waals surface area contributed by atoms with Crippen LogP contribution >= 0.6 is 0 Å². The molecule has 0 aliphatic rings. The molecule has 0 spiro atoms. The summed E-state index contributed by atoms with van der Waals surface area (Å²) in [4.78, 5) is 38.4. The maximum atomic E-state index is 12.9. The van der Waals surface area contributed by atoms with Crippen molar-refractivity contribution in [3.05, 3.63) is 134 Å². The molecule has 6 nitrogen and oxygen atoms in total. The maximum Gasteiger partial charge on any atom is 0.306 e. The van der Waals surface area contributed by atoms with Crippen LogP contribution in [-0.2, 0) is 28.6 Å². The van der Waals surface area contributed by atoms with E-state index in [9.17, 15) is 14.4 Å². The van der Waals surface area contributed by atoms with Crippen molar-refractivity contribution in [2.45, 2.75) is 309 Å². The minimum absolute atomic E-state index is 0.0910. The van der Waals surface area contributed by atoms with Gasteiger partial charge >= 0.3 is 17.9 Å². The molecule has 0 aromatic heterocycles. The Morgan fingerprint density at radius 3 is 0.753 bits per heavy atom. The maximum absolute atomic E-state index is 12.9. The van der Waals surface area contributed by atoms with Crippen molar-refractivity contribution in [2.24, 2.45) is 0 Å². The summed E-state index contributed by atoms with van der Waals surface area (Å²) in [6.45, 7) is 6.39. The van der Waals surface area contributed by atoms with Crippen molar-refractivity contribution in [2.75, 3.05) is 13.2 Å². The van der Waals surface area contributed by atoms with Gasteiger partial charge in [0.1, 0.15) is 13.2 Å². The summed E-state index contributed by atoms with van der Waals surface area (Å²) in [6, 6.07) is 0. The molecule has 1 atom stereocenters. The number of esters is 3. The highest BCUT2D eigenvalue weighted by Crippen LogP contribution is 2.16. The molecule has 0 N–H and O–H groups in total. The van der Waals surface area contributed by atoms with Crippen molar-refractivity contribution in [1.82, 2.24) is 0 Å². The zero-order valence-corrected chi connectivity index (χ0v) is 52.8. The SMILES string of the molecule is CC/C=C\C/C=C\C/C=C\C/C=C\C/C=C\CCCCCCCCCCCCCC(=O)OCC(COC(=O)CCCCCCCCC/C=C\C/C=C\C/C=C\CC)OC(=O)CCCCCCCC/C=C\C/C=C\C/C=C\CCCCC. The van der Waals surface area contributed by atoms with Gasteiger partial charge in [0.2, 0.25) is 0 Å². The van der Waals surface area contributed by atoms with E-state index in [2.05, 4.69) is 154 Å². The average molecular weight is 1120 g/mol. The molecule has 0 amide bonds. The number of unbranched alkanes of at least 4 members (excludes halogenated alkanes) is 27. The second-order valence-corrected chi connectivity index (χ2v) is 22.0. The van der Waals surface area contributed by atoms with Crippen LogP contribution in [0.15, 0.2) is 134 Å². The van der Waals surface area contributed by atoms with Gasteiger partial charge in [-0.05, 0) is 135 Å². The van der Waals surface area contributed by atoms with Gasteiger partial charge in [0.15, 0.2) is 6.10 Å². The Morgan fingerprint density at radius 2 is 0.481 bits per heavy atom. The van der Waals surface area contributed by atoms with Crippen LogP contribution in [0, 0.1) is 0 Å². The molecule has 0 rings (SSSR count). The molecule has 0 saturated carbocycles. The van der Waals surface area contributed by atoms with Crippen LogP contribution in [0.5, 0.6) is 0 Å². The largest absolute Gasteiger partial charge is 0.462 e. The molecule has 6 heteroatoms. The fraction of sp³-hybridized carbons (Fsp3) is 0.667. The predicted molar refractivity (Wildman–Crippen MR) is 353 cm³/mol. The number of carbonyl (C=O) groups is 3. The van der Waals surface area contributed by atoms with Gasteiger partial charge in [-0.2, -0.15) is 0 Å². The second-order valence-electron chi connectivity index (χ2n) is 22.0.